The van der Waals surface area contributed by atoms with Crippen LogP contribution in [0.25, 0.3) is 0 Å². The first kappa shape index (κ1) is 14.6. The lowest BCUT2D eigenvalue weighted by molar-refractivity contribution is -0.135. The Morgan fingerprint density at radius 2 is 1.75 bits per heavy atom. The molecule has 1 heterocycles. The number of likely N-dealkylation sites (tertiary alicyclic amines) is 1. The Balaban J connectivity index is 1.83. The molecule has 0 unspecified atom stereocenters. The molecule has 2 amide bonds. The highest BCUT2D eigenvalue weighted by molar-refractivity contribution is 6.03. The Kier molecular flexibility index (Phi) is 5.16. The van der Waals surface area contributed by atoms with Gasteiger partial charge in [-0.3, -0.25) is 9.59 Å². The highest BCUT2D eigenvalue weighted by atomic mass is 16.2. The van der Waals surface area contributed by atoms with Crippen LogP contribution in [0.1, 0.15) is 38.2 Å². The van der Waals surface area contributed by atoms with Gasteiger partial charge in [-0.2, -0.15) is 0 Å². The van der Waals surface area contributed by atoms with E-state index in [4.69, 9.17) is 0 Å². The van der Waals surface area contributed by atoms with Crippen LogP contribution in [0.15, 0.2) is 24.3 Å². The van der Waals surface area contributed by atoms with Gasteiger partial charge in [0.25, 0.3) is 0 Å². The van der Waals surface area contributed by atoms with Crippen molar-refractivity contribution in [3.63, 3.8) is 0 Å². The fourth-order valence-corrected chi connectivity index (χ4v) is 2.42. The minimum absolute atomic E-state index is 0.0600. The molecule has 4 heteroatoms. The molecule has 0 atom stereocenters. The molecule has 1 aromatic carbocycles. The van der Waals surface area contributed by atoms with Crippen LogP contribution in [0.4, 0.5) is 5.69 Å². The number of rotatable bonds is 4. The number of carbonyl (C=O) groups excluding carboxylic acids is 2. The molecule has 0 aliphatic carbocycles. The maximum absolute atomic E-state index is 12.0. The van der Waals surface area contributed by atoms with Crippen LogP contribution in [-0.2, 0) is 16.0 Å². The predicted octanol–water partition coefficient (Wildman–Crippen LogP) is 2.59. The third-order valence-electron chi connectivity index (χ3n) is 3.67. The molecule has 2 rings (SSSR count). The highest BCUT2D eigenvalue weighted by Gasteiger charge is 2.19. The molecular formula is C16H22N2O2. The van der Waals surface area contributed by atoms with Gasteiger partial charge in [-0.1, -0.05) is 19.1 Å². The SMILES string of the molecule is CCc1ccc(NC(=O)CC(=O)N2CCCCC2)cc1. The van der Waals surface area contributed by atoms with Gasteiger partial charge in [-0.05, 0) is 43.4 Å². The van der Waals surface area contributed by atoms with Crippen molar-refractivity contribution in [2.75, 3.05) is 18.4 Å². The lowest BCUT2D eigenvalue weighted by Gasteiger charge is -2.26. The second kappa shape index (κ2) is 7.08. The van der Waals surface area contributed by atoms with E-state index < -0.39 is 0 Å². The molecule has 0 radical (unpaired) electrons. The van der Waals surface area contributed by atoms with Crippen molar-refractivity contribution < 1.29 is 9.59 Å². The summed E-state index contributed by atoms with van der Waals surface area (Å²) in [5.41, 5.74) is 1.98. The third-order valence-corrected chi connectivity index (χ3v) is 3.67. The highest BCUT2D eigenvalue weighted by Crippen LogP contribution is 2.12. The molecule has 0 bridgehead atoms. The number of benzene rings is 1. The topological polar surface area (TPSA) is 49.4 Å². The van der Waals surface area contributed by atoms with E-state index in [1.807, 2.05) is 24.3 Å². The molecule has 108 valence electrons. The Morgan fingerprint density at radius 3 is 2.35 bits per heavy atom. The van der Waals surface area contributed by atoms with Gasteiger partial charge in [-0.15, -0.1) is 0 Å². The molecule has 1 aliphatic heterocycles. The van der Waals surface area contributed by atoms with Crippen molar-refractivity contribution in [2.45, 2.75) is 39.0 Å². The van der Waals surface area contributed by atoms with E-state index in [0.717, 1.165) is 38.0 Å². The Morgan fingerprint density at radius 1 is 1.10 bits per heavy atom. The largest absolute Gasteiger partial charge is 0.342 e. The summed E-state index contributed by atoms with van der Waals surface area (Å²) in [4.78, 5) is 25.6. The molecule has 1 fully saturated rings. The first-order valence-electron chi connectivity index (χ1n) is 7.35. The fraction of sp³-hybridized carbons (Fsp3) is 0.500. The van der Waals surface area contributed by atoms with E-state index >= 15 is 0 Å². The smallest absolute Gasteiger partial charge is 0.233 e. The predicted molar refractivity (Wildman–Crippen MR) is 79.5 cm³/mol. The number of anilines is 1. The van der Waals surface area contributed by atoms with E-state index in [9.17, 15) is 9.59 Å². The second-order valence-electron chi connectivity index (χ2n) is 5.22. The Hall–Kier alpha value is -1.84. The summed E-state index contributed by atoms with van der Waals surface area (Å²) in [5, 5.41) is 2.78. The van der Waals surface area contributed by atoms with Gasteiger partial charge >= 0.3 is 0 Å². The number of hydrogen-bond acceptors (Lipinski definition) is 2. The minimum atomic E-state index is -0.232. The molecule has 0 saturated carbocycles. The fourth-order valence-electron chi connectivity index (χ4n) is 2.42. The first-order valence-corrected chi connectivity index (χ1v) is 7.35. The van der Waals surface area contributed by atoms with E-state index in [1.54, 1.807) is 4.90 Å². The average Bonchev–Trinajstić information content (AvgIpc) is 2.49. The number of nitrogens with zero attached hydrogens (tertiary/aromatic N) is 1. The molecule has 1 aliphatic rings. The minimum Gasteiger partial charge on any atom is -0.342 e. The molecule has 4 nitrogen and oxygen atoms in total. The van der Waals surface area contributed by atoms with Crippen LogP contribution in [0.3, 0.4) is 0 Å². The molecule has 0 aromatic heterocycles. The molecule has 20 heavy (non-hydrogen) atoms. The van der Waals surface area contributed by atoms with Gasteiger partial charge in [0, 0.05) is 18.8 Å². The second-order valence-corrected chi connectivity index (χ2v) is 5.22. The molecule has 1 aromatic rings. The zero-order valence-electron chi connectivity index (χ0n) is 12.0. The van der Waals surface area contributed by atoms with Crippen LogP contribution in [0.5, 0.6) is 0 Å². The summed E-state index contributed by atoms with van der Waals surface area (Å²) >= 11 is 0. The molecule has 1 saturated heterocycles. The molecule has 0 spiro atoms. The van der Waals surface area contributed by atoms with Crippen LogP contribution < -0.4 is 5.32 Å². The van der Waals surface area contributed by atoms with E-state index in [1.165, 1.54) is 12.0 Å². The van der Waals surface area contributed by atoms with Gasteiger partial charge in [0.2, 0.25) is 11.8 Å². The van der Waals surface area contributed by atoms with Crippen molar-refractivity contribution in [3.8, 4) is 0 Å². The van der Waals surface area contributed by atoms with Crippen LogP contribution in [0.2, 0.25) is 0 Å². The Labute approximate surface area is 120 Å². The normalized spacial score (nSPS) is 14.9. The quantitative estimate of drug-likeness (QED) is 0.858. The van der Waals surface area contributed by atoms with Gasteiger partial charge in [0.15, 0.2) is 0 Å². The van der Waals surface area contributed by atoms with Crippen molar-refractivity contribution in [1.29, 1.82) is 0 Å². The van der Waals surface area contributed by atoms with E-state index in [2.05, 4.69) is 12.2 Å². The molecule has 1 N–H and O–H groups in total. The lowest BCUT2D eigenvalue weighted by Crippen LogP contribution is -2.37. The summed E-state index contributed by atoms with van der Waals surface area (Å²) in [6.45, 7) is 3.67. The number of carbonyl (C=O) groups is 2. The van der Waals surface area contributed by atoms with Gasteiger partial charge in [0.1, 0.15) is 6.42 Å². The average molecular weight is 274 g/mol. The monoisotopic (exact) mass is 274 g/mol. The number of piperidine rings is 1. The zero-order valence-corrected chi connectivity index (χ0v) is 12.0. The van der Waals surface area contributed by atoms with Crippen LogP contribution in [0, 0.1) is 0 Å². The standard InChI is InChI=1S/C16H22N2O2/c1-2-13-6-8-14(9-7-13)17-15(19)12-16(20)18-10-4-3-5-11-18/h6-9H,2-5,10-12H2,1H3,(H,17,19). The van der Waals surface area contributed by atoms with Crippen molar-refractivity contribution in [1.82, 2.24) is 4.90 Å². The maximum atomic E-state index is 12.0. The maximum Gasteiger partial charge on any atom is 0.233 e. The molecular weight excluding hydrogens is 252 g/mol. The van der Waals surface area contributed by atoms with Gasteiger partial charge in [0.05, 0.1) is 0 Å². The summed E-state index contributed by atoms with van der Waals surface area (Å²) in [7, 11) is 0. The van der Waals surface area contributed by atoms with E-state index in [-0.39, 0.29) is 18.2 Å². The van der Waals surface area contributed by atoms with Gasteiger partial charge < -0.3 is 10.2 Å². The number of amides is 2. The van der Waals surface area contributed by atoms with Crippen molar-refractivity contribution >= 4 is 17.5 Å². The number of nitrogens with one attached hydrogen (secondary N) is 1. The lowest BCUT2D eigenvalue weighted by atomic mass is 10.1. The van der Waals surface area contributed by atoms with Crippen LogP contribution in [-0.4, -0.2) is 29.8 Å². The van der Waals surface area contributed by atoms with E-state index in [0.29, 0.717) is 0 Å². The first-order chi connectivity index (χ1) is 9.69. The Bertz CT molecular complexity index is 462. The summed E-state index contributed by atoms with van der Waals surface area (Å²) in [6.07, 6.45) is 4.19. The number of aryl methyl sites for hydroxylation is 1. The summed E-state index contributed by atoms with van der Waals surface area (Å²) < 4.78 is 0. The van der Waals surface area contributed by atoms with Crippen molar-refractivity contribution in [3.05, 3.63) is 29.8 Å². The zero-order chi connectivity index (χ0) is 14.4. The number of hydrogen-bond donors (Lipinski definition) is 1. The third kappa shape index (κ3) is 4.08. The van der Waals surface area contributed by atoms with Crippen molar-refractivity contribution in [2.24, 2.45) is 0 Å². The van der Waals surface area contributed by atoms with Gasteiger partial charge in [-0.25, -0.2) is 0 Å². The summed E-state index contributed by atoms with van der Waals surface area (Å²) in [6, 6.07) is 7.73. The summed E-state index contributed by atoms with van der Waals surface area (Å²) in [5.74, 6) is -0.294. The van der Waals surface area contributed by atoms with Crippen LogP contribution >= 0.6 is 0 Å².